The summed E-state index contributed by atoms with van der Waals surface area (Å²) in [6.45, 7) is -0.237. The van der Waals surface area contributed by atoms with Gasteiger partial charge >= 0.3 is 0 Å². The molecule has 0 bridgehead atoms. The summed E-state index contributed by atoms with van der Waals surface area (Å²) >= 11 is 0. The first kappa shape index (κ1) is 13.6. The van der Waals surface area contributed by atoms with Crippen LogP contribution in [0, 0.1) is 0 Å². The number of rotatable bonds is 4. The number of carbonyl (C=O) groups is 1. The van der Waals surface area contributed by atoms with Gasteiger partial charge in [0.15, 0.2) is 6.61 Å². The number of aliphatic hydroxyl groups is 2. The van der Waals surface area contributed by atoms with Gasteiger partial charge in [0, 0.05) is 19.8 Å². The fraction of sp³-hybridized carbons (Fsp3) is 0.462. The molecular weight excluding hydrogens is 248 g/mol. The number of carbonyl (C=O) groups excluding carboxylic acids is 1. The van der Waals surface area contributed by atoms with E-state index < -0.39 is 0 Å². The molecule has 2 rings (SSSR count). The lowest BCUT2D eigenvalue weighted by Crippen LogP contribution is -2.38. The van der Waals surface area contributed by atoms with E-state index in [4.69, 9.17) is 4.74 Å². The summed E-state index contributed by atoms with van der Waals surface area (Å²) < 4.78 is 5.35. The Balaban J connectivity index is 2.32. The minimum atomic E-state index is -0.372. The smallest absolute Gasteiger partial charge is 0.264 e. The third kappa shape index (κ3) is 2.50. The van der Waals surface area contributed by atoms with Crippen LogP contribution < -0.4 is 14.5 Å². The molecule has 0 atom stereocenters. The minimum absolute atomic E-state index is 0.0502. The first-order chi connectivity index (χ1) is 9.08. The first-order valence-corrected chi connectivity index (χ1v) is 6.06. The average Bonchev–Trinajstić information content (AvgIpc) is 2.44. The van der Waals surface area contributed by atoms with Crippen LogP contribution >= 0.6 is 0 Å². The second kappa shape index (κ2) is 5.46. The molecule has 0 radical (unpaired) electrons. The van der Waals surface area contributed by atoms with Crippen LogP contribution in [0.2, 0.25) is 0 Å². The molecule has 0 saturated carbocycles. The third-order valence-electron chi connectivity index (χ3n) is 3.41. The van der Waals surface area contributed by atoms with Crippen molar-refractivity contribution >= 4 is 17.3 Å². The van der Waals surface area contributed by atoms with Crippen molar-refractivity contribution in [3.8, 4) is 5.75 Å². The van der Waals surface area contributed by atoms with E-state index in [9.17, 15) is 15.0 Å². The molecule has 1 aliphatic rings. The molecule has 0 saturated heterocycles. The van der Waals surface area contributed by atoms with Gasteiger partial charge in [-0.1, -0.05) is 0 Å². The van der Waals surface area contributed by atoms with Gasteiger partial charge in [-0.2, -0.15) is 0 Å². The van der Waals surface area contributed by atoms with E-state index in [1.807, 2.05) is 12.1 Å². The van der Waals surface area contributed by atoms with Crippen LogP contribution in [0.25, 0.3) is 0 Å². The normalized spacial score (nSPS) is 14.4. The van der Waals surface area contributed by atoms with E-state index in [1.54, 1.807) is 30.0 Å². The molecular formula is C13H18N2O4. The van der Waals surface area contributed by atoms with Crippen molar-refractivity contribution in [1.82, 2.24) is 0 Å². The summed E-state index contributed by atoms with van der Waals surface area (Å²) in [5.41, 5.74) is 1.49. The summed E-state index contributed by atoms with van der Waals surface area (Å²) in [5.74, 6) is 0.553. The number of likely N-dealkylation sites (N-methyl/N-ethyl adjacent to an activating group) is 2. The Morgan fingerprint density at radius 1 is 1.42 bits per heavy atom. The Bertz CT molecular complexity index is 474. The molecule has 0 aliphatic carbocycles. The van der Waals surface area contributed by atoms with Crippen molar-refractivity contribution in [2.24, 2.45) is 0 Å². The highest BCUT2D eigenvalue weighted by Crippen LogP contribution is 2.34. The number of fused-ring (bicyclic) bond motifs is 1. The summed E-state index contributed by atoms with van der Waals surface area (Å²) in [6.07, 6.45) is 0. The number of benzene rings is 1. The molecule has 1 amide bonds. The second-order valence-corrected chi connectivity index (χ2v) is 4.52. The highest BCUT2D eigenvalue weighted by molar-refractivity contribution is 5.97. The molecule has 0 fully saturated rings. The van der Waals surface area contributed by atoms with Crippen LogP contribution in [0.4, 0.5) is 11.4 Å². The number of nitrogens with zero attached hydrogens (tertiary/aromatic N) is 2. The van der Waals surface area contributed by atoms with Crippen LogP contribution in [0.3, 0.4) is 0 Å². The maximum atomic E-state index is 11.6. The molecule has 1 aromatic carbocycles. The third-order valence-corrected chi connectivity index (χ3v) is 3.41. The lowest BCUT2D eigenvalue weighted by molar-refractivity contribution is -0.120. The number of anilines is 2. The topological polar surface area (TPSA) is 73.2 Å². The average molecular weight is 266 g/mol. The molecule has 1 aromatic rings. The Morgan fingerprint density at radius 3 is 2.74 bits per heavy atom. The zero-order chi connectivity index (χ0) is 14.0. The van der Waals surface area contributed by atoms with E-state index in [0.717, 1.165) is 5.69 Å². The molecule has 0 spiro atoms. The quantitative estimate of drug-likeness (QED) is 0.791. The zero-order valence-electron chi connectivity index (χ0n) is 11.0. The Labute approximate surface area is 111 Å². The molecule has 1 aliphatic heterocycles. The van der Waals surface area contributed by atoms with Gasteiger partial charge < -0.3 is 24.7 Å². The molecule has 6 heteroatoms. The maximum absolute atomic E-state index is 11.6. The summed E-state index contributed by atoms with van der Waals surface area (Å²) in [4.78, 5) is 14.9. The van der Waals surface area contributed by atoms with E-state index in [0.29, 0.717) is 11.4 Å². The van der Waals surface area contributed by atoms with Crippen molar-refractivity contribution in [3.63, 3.8) is 0 Å². The van der Waals surface area contributed by atoms with Gasteiger partial charge in [-0.25, -0.2) is 0 Å². The molecule has 0 unspecified atom stereocenters. The summed E-state index contributed by atoms with van der Waals surface area (Å²) in [5, 5.41) is 18.4. The van der Waals surface area contributed by atoms with Crippen LogP contribution in [0.1, 0.15) is 0 Å². The Morgan fingerprint density at radius 2 is 2.11 bits per heavy atom. The first-order valence-electron chi connectivity index (χ1n) is 6.06. The van der Waals surface area contributed by atoms with Gasteiger partial charge in [-0.15, -0.1) is 0 Å². The molecule has 6 nitrogen and oxygen atoms in total. The van der Waals surface area contributed by atoms with Crippen LogP contribution in [-0.2, 0) is 4.79 Å². The van der Waals surface area contributed by atoms with E-state index in [1.165, 1.54) is 0 Å². The van der Waals surface area contributed by atoms with Gasteiger partial charge in [0.1, 0.15) is 5.75 Å². The Hall–Kier alpha value is -1.79. The number of amides is 1. The number of hydrogen-bond acceptors (Lipinski definition) is 5. The highest BCUT2D eigenvalue weighted by atomic mass is 16.5. The lowest BCUT2D eigenvalue weighted by atomic mass is 10.2. The SMILES string of the molecule is CN1C(=O)COc2ccc(N(C)C(CO)CO)cc21. The number of hydrogen-bond donors (Lipinski definition) is 2. The predicted molar refractivity (Wildman–Crippen MR) is 71.7 cm³/mol. The monoisotopic (exact) mass is 266 g/mol. The fourth-order valence-electron chi connectivity index (χ4n) is 1.99. The Kier molecular flexibility index (Phi) is 3.92. The van der Waals surface area contributed by atoms with Crippen molar-refractivity contribution in [1.29, 1.82) is 0 Å². The number of aliphatic hydroxyl groups excluding tert-OH is 2. The van der Waals surface area contributed by atoms with Crippen molar-refractivity contribution in [2.45, 2.75) is 6.04 Å². The van der Waals surface area contributed by atoms with Gasteiger partial charge in [-0.05, 0) is 18.2 Å². The molecule has 104 valence electrons. The van der Waals surface area contributed by atoms with E-state index in [2.05, 4.69) is 0 Å². The van der Waals surface area contributed by atoms with Gasteiger partial charge in [0.2, 0.25) is 0 Å². The minimum Gasteiger partial charge on any atom is -0.482 e. The highest BCUT2D eigenvalue weighted by Gasteiger charge is 2.23. The van der Waals surface area contributed by atoms with E-state index >= 15 is 0 Å². The largest absolute Gasteiger partial charge is 0.482 e. The van der Waals surface area contributed by atoms with Gasteiger partial charge in [0.25, 0.3) is 5.91 Å². The van der Waals surface area contributed by atoms with Crippen LogP contribution in [0.5, 0.6) is 5.75 Å². The fourth-order valence-corrected chi connectivity index (χ4v) is 1.99. The van der Waals surface area contributed by atoms with Crippen molar-refractivity contribution in [2.75, 3.05) is 43.7 Å². The second-order valence-electron chi connectivity index (χ2n) is 4.52. The lowest BCUT2D eigenvalue weighted by Gasteiger charge is -2.30. The maximum Gasteiger partial charge on any atom is 0.264 e. The van der Waals surface area contributed by atoms with Gasteiger partial charge in [0.05, 0.1) is 24.9 Å². The molecule has 0 aromatic heterocycles. The van der Waals surface area contributed by atoms with Crippen molar-refractivity contribution in [3.05, 3.63) is 18.2 Å². The molecule has 1 heterocycles. The molecule has 2 N–H and O–H groups in total. The standard InChI is InChI=1S/C13H18N2O4/c1-14(10(6-16)7-17)9-3-4-12-11(5-9)15(2)13(18)8-19-12/h3-5,10,16-17H,6-8H2,1-2H3. The zero-order valence-corrected chi connectivity index (χ0v) is 11.0. The predicted octanol–water partition coefficient (Wildman–Crippen LogP) is -0.169. The summed E-state index contributed by atoms with van der Waals surface area (Å²) in [7, 11) is 3.48. The van der Waals surface area contributed by atoms with E-state index in [-0.39, 0.29) is 31.8 Å². The van der Waals surface area contributed by atoms with Gasteiger partial charge in [-0.3, -0.25) is 4.79 Å². The summed E-state index contributed by atoms with van der Waals surface area (Å²) in [6, 6.07) is 5.06. The molecule has 19 heavy (non-hydrogen) atoms. The van der Waals surface area contributed by atoms with Crippen LogP contribution in [0.15, 0.2) is 18.2 Å². The number of ether oxygens (including phenoxy) is 1. The van der Waals surface area contributed by atoms with Crippen LogP contribution in [-0.4, -0.2) is 56.1 Å². The van der Waals surface area contributed by atoms with Crippen molar-refractivity contribution < 1.29 is 19.7 Å².